The Kier molecular flexibility index (Phi) is 1.32. The Hall–Kier alpha value is -0.950. The van der Waals surface area contributed by atoms with Gasteiger partial charge < -0.3 is 0 Å². The van der Waals surface area contributed by atoms with E-state index in [1.807, 2.05) is 0 Å². The van der Waals surface area contributed by atoms with Crippen LogP contribution in [0.1, 0.15) is 8.44 Å². The van der Waals surface area contributed by atoms with Crippen LogP contribution >= 0.6 is 15.9 Å². The van der Waals surface area contributed by atoms with Crippen LogP contribution in [0.4, 0.5) is 4.39 Å². The number of aromatic nitrogens is 1. The molecule has 0 saturated heterocycles. The molecular weight excluding hydrogens is 199 g/mol. The molecule has 0 fully saturated rings. The first-order valence-electron chi connectivity index (χ1n) is 3.30. The minimum Gasteiger partial charge on any atom is -0.209 e. The Morgan fingerprint density at radius 1 is 1.80 bits per heavy atom. The monoisotopic (exact) mass is 202 g/mol. The molecule has 1 heterocycles. The van der Waals surface area contributed by atoms with Crippen molar-refractivity contribution in [3.63, 3.8) is 0 Å². The molecule has 0 bridgehead atoms. The third kappa shape index (κ3) is 1.52. The largest absolute Gasteiger partial charge is 0.215 e. The van der Waals surface area contributed by atoms with Gasteiger partial charge in [0.1, 0.15) is 11.8 Å². The molecular formula is C6H2BrFN2. The van der Waals surface area contributed by atoms with E-state index >= 15 is 0 Å². The molecule has 4 heteroatoms. The second-order valence-electron chi connectivity index (χ2n) is 1.43. The van der Waals surface area contributed by atoms with Gasteiger partial charge in [-0.25, -0.2) is 4.98 Å². The minimum atomic E-state index is -1.05. The highest BCUT2D eigenvalue weighted by Crippen LogP contribution is 2.10. The highest BCUT2D eigenvalue weighted by Gasteiger charge is 1.97. The van der Waals surface area contributed by atoms with Gasteiger partial charge in [-0.05, 0) is 6.04 Å². The summed E-state index contributed by atoms with van der Waals surface area (Å²) in [5.74, 6) is -1.05. The number of pyridine rings is 1. The highest BCUT2D eigenvalue weighted by atomic mass is 79.9. The second kappa shape index (κ2) is 2.76. The molecule has 2 nitrogen and oxygen atoms in total. The molecule has 1 rings (SSSR count). The van der Waals surface area contributed by atoms with E-state index in [2.05, 4.69) is 20.9 Å². The first-order valence-corrected chi connectivity index (χ1v) is 3.09. The minimum absolute atomic E-state index is 0.0495. The van der Waals surface area contributed by atoms with Gasteiger partial charge >= 0.3 is 0 Å². The van der Waals surface area contributed by atoms with Crippen molar-refractivity contribution >= 4 is 15.9 Å². The summed E-state index contributed by atoms with van der Waals surface area (Å²) >= 11 is 2.82. The van der Waals surface area contributed by atoms with Crippen molar-refractivity contribution in [2.24, 2.45) is 0 Å². The molecule has 0 atom stereocenters. The first kappa shape index (κ1) is 4.80. The number of hydrogen-bond donors (Lipinski definition) is 0. The zero-order valence-electron chi connectivity index (χ0n) is 6.65. The van der Waals surface area contributed by atoms with Gasteiger partial charge in [0, 0.05) is 10.5 Å². The van der Waals surface area contributed by atoms with E-state index in [0.29, 0.717) is 0 Å². The van der Waals surface area contributed by atoms with Crippen molar-refractivity contribution in [3.8, 4) is 6.07 Å². The zero-order chi connectivity index (χ0) is 9.30. The molecule has 0 aliphatic heterocycles. The molecule has 10 heavy (non-hydrogen) atoms. The summed E-state index contributed by atoms with van der Waals surface area (Å²) < 4.78 is 26.9. The van der Waals surface area contributed by atoms with E-state index < -0.39 is 12.0 Å². The van der Waals surface area contributed by atoms with Crippen LogP contribution in [0.2, 0.25) is 0 Å². The summed E-state index contributed by atoms with van der Waals surface area (Å²) in [6, 6.07) is 0.791. The number of rotatable bonds is 0. The number of nitriles is 1. The fraction of sp³-hybridized carbons (Fsp3) is 0. The van der Waals surface area contributed by atoms with E-state index in [1.165, 1.54) is 0 Å². The van der Waals surface area contributed by atoms with Crippen LogP contribution in [-0.2, 0) is 0 Å². The lowest BCUT2D eigenvalue weighted by Crippen LogP contribution is -1.86. The van der Waals surface area contributed by atoms with Gasteiger partial charge in [0.15, 0.2) is 0 Å². The van der Waals surface area contributed by atoms with Crippen LogP contribution in [0.3, 0.4) is 0 Å². The molecule has 0 amide bonds. The van der Waals surface area contributed by atoms with Crippen LogP contribution in [0.25, 0.3) is 0 Å². The molecule has 0 aliphatic rings. The molecule has 0 radical (unpaired) electrons. The van der Waals surface area contributed by atoms with Gasteiger partial charge in [0.05, 0.1) is 2.74 Å². The SMILES string of the molecule is [2H]c1c(F)nc(C#N)c([2H])c1Br. The third-order valence-corrected chi connectivity index (χ3v) is 1.15. The van der Waals surface area contributed by atoms with Crippen molar-refractivity contribution in [2.75, 3.05) is 0 Å². The highest BCUT2D eigenvalue weighted by molar-refractivity contribution is 9.10. The van der Waals surface area contributed by atoms with Crippen LogP contribution < -0.4 is 0 Å². The lowest BCUT2D eigenvalue weighted by Gasteiger charge is -1.89. The van der Waals surface area contributed by atoms with Gasteiger partial charge in [0.25, 0.3) is 0 Å². The first-order chi connectivity index (χ1) is 5.57. The van der Waals surface area contributed by atoms with Gasteiger partial charge in [-0.3, -0.25) is 0 Å². The Morgan fingerprint density at radius 3 is 3.10 bits per heavy atom. The lowest BCUT2D eigenvalue weighted by atomic mass is 10.4. The second-order valence-corrected chi connectivity index (χ2v) is 2.22. The van der Waals surface area contributed by atoms with Crippen LogP contribution in [-0.4, -0.2) is 4.98 Å². The van der Waals surface area contributed by atoms with Gasteiger partial charge in [0.2, 0.25) is 5.95 Å². The van der Waals surface area contributed by atoms with E-state index in [1.54, 1.807) is 6.07 Å². The molecule has 0 spiro atoms. The average molecular weight is 203 g/mol. The van der Waals surface area contributed by atoms with E-state index in [-0.39, 0.29) is 16.2 Å². The maximum Gasteiger partial charge on any atom is 0.215 e. The summed E-state index contributed by atoms with van der Waals surface area (Å²) in [7, 11) is 0. The van der Waals surface area contributed by atoms with Crippen molar-refractivity contribution in [2.45, 2.75) is 0 Å². The summed E-state index contributed by atoms with van der Waals surface area (Å²) in [4.78, 5) is 3.12. The number of nitrogens with zero attached hydrogens (tertiary/aromatic N) is 2. The Labute approximate surface area is 68.3 Å². The molecule has 0 saturated carbocycles. The summed E-state index contributed by atoms with van der Waals surface area (Å²) in [6.07, 6.45) is 0. The zero-order valence-corrected chi connectivity index (χ0v) is 6.24. The Morgan fingerprint density at radius 2 is 2.50 bits per heavy atom. The van der Waals surface area contributed by atoms with Gasteiger partial charge in [-0.2, -0.15) is 9.65 Å². The molecule has 0 unspecified atom stereocenters. The van der Waals surface area contributed by atoms with Crippen molar-refractivity contribution < 1.29 is 7.13 Å². The number of hydrogen-bond acceptors (Lipinski definition) is 2. The molecule has 0 aromatic carbocycles. The Bertz CT molecular complexity index is 375. The molecule has 1 aromatic heterocycles. The van der Waals surface area contributed by atoms with Crippen molar-refractivity contribution in [1.82, 2.24) is 4.98 Å². The lowest BCUT2D eigenvalue weighted by molar-refractivity contribution is 0.581. The molecule has 50 valence electrons. The quantitative estimate of drug-likeness (QED) is 0.603. The summed E-state index contributed by atoms with van der Waals surface area (Å²) in [5.41, 5.74) is -0.324. The maximum absolute atomic E-state index is 12.6. The standard InChI is InChI=1S/C6H2BrFN2/c7-4-1-5(3-9)10-6(8)2-4/h1-2H/i1D,2D. The molecule has 0 N–H and O–H groups in total. The topological polar surface area (TPSA) is 36.7 Å². The fourth-order valence-electron chi connectivity index (χ4n) is 0.433. The predicted molar refractivity (Wildman–Crippen MR) is 36.6 cm³/mol. The van der Waals surface area contributed by atoms with Gasteiger partial charge in [-0.15, -0.1) is 0 Å². The Balaban J connectivity index is 3.52. The third-order valence-electron chi connectivity index (χ3n) is 0.757. The maximum atomic E-state index is 12.6. The van der Waals surface area contributed by atoms with Crippen molar-refractivity contribution in [1.29, 1.82) is 5.26 Å². The van der Waals surface area contributed by atoms with E-state index in [4.69, 9.17) is 8.00 Å². The normalized spacial score (nSPS) is 11.7. The van der Waals surface area contributed by atoms with Crippen LogP contribution in [0.15, 0.2) is 16.6 Å². The fourth-order valence-corrected chi connectivity index (χ4v) is 0.784. The predicted octanol–water partition coefficient (Wildman–Crippen LogP) is 1.85. The van der Waals surface area contributed by atoms with Crippen molar-refractivity contribution in [3.05, 3.63) is 28.2 Å². The van der Waals surface area contributed by atoms with Crippen LogP contribution in [0.5, 0.6) is 0 Å². The van der Waals surface area contributed by atoms with E-state index in [0.717, 1.165) is 0 Å². The van der Waals surface area contributed by atoms with E-state index in [9.17, 15) is 4.39 Å². The smallest absolute Gasteiger partial charge is 0.209 e. The molecule has 1 aromatic rings. The average Bonchev–Trinajstić information content (AvgIpc) is 2.08. The number of halogens is 2. The summed E-state index contributed by atoms with van der Waals surface area (Å²) in [6.45, 7) is 0. The molecule has 0 aliphatic carbocycles. The summed E-state index contributed by atoms with van der Waals surface area (Å²) in [5, 5.41) is 8.38. The van der Waals surface area contributed by atoms with Gasteiger partial charge in [-0.1, -0.05) is 15.9 Å². The van der Waals surface area contributed by atoms with Crippen LogP contribution in [0, 0.1) is 17.3 Å².